The minimum atomic E-state index is 0.0758. The van der Waals surface area contributed by atoms with Crippen molar-refractivity contribution in [3.8, 4) is 22.9 Å². The Hall–Kier alpha value is -2.82. The summed E-state index contributed by atoms with van der Waals surface area (Å²) in [5.74, 6) is 1.99. The number of ether oxygens (including phenoxy) is 1. The van der Waals surface area contributed by atoms with Gasteiger partial charge in [-0.3, -0.25) is 0 Å². The zero-order valence-corrected chi connectivity index (χ0v) is 15.9. The lowest BCUT2D eigenvalue weighted by atomic mass is 9.99. The fourth-order valence-corrected chi connectivity index (χ4v) is 3.97. The minimum absolute atomic E-state index is 0.0758. The molecule has 0 radical (unpaired) electrons. The molecule has 0 saturated carbocycles. The standard InChI is InChI=1S/C22H25N3O2/c1-3-15-9-6-7-14-25(15)22-16-10-4-5-12-18(16)23-21(24-22)17-11-8-13-19(27-2)20(17)26/h4-5,8,10-13,15,26H,3,6-7,9,14H2,1-2H3/t15-/m1/s1. The second-order valence-corrected chi connectivity index (χ2v) is 7.00. The van der Waals surface area contributed by atoms with Crippen LogP contribution in [0.3, 0.4) is 0 Å². The van der Waals surface area contributed by atoms with Crippen molar-refractivity contribution in [3.05, 3.63) is 42.5 Å². The number of phenols is 1. The normalized spacial score (nSPS) is 17.3. The van der Waals surface area contributed by atoms with Crippen molar-refractivity contribution >= 4 is 16.7 Å². The molecule has 1 fully saturated rings. The van der Waals surface area contributed by atoms with E-state index >= 15 is 0 Å². The molecule has 0 unspecified atom stereocenters. The van der Waals surface area contributed by atoms with Crippen LogP contribution in [0.2, 0.25) is 0 Å². The van der Waals surface area contributed by atoms with Crippen molar-refractivity contribution < 1.29 is 9.84 Å². The molecule has 1 aliphatic rings. The molecule has 0 amide bonds. The summed E-state index contributed by atoms with van der Waals surface area (Å²) in [6.45, 7) is 3.24. The average Bonchev–Trinajstić information content (AvgIpc) is 2.73. The number of methoxy groups -OCH3 is 1. The van der Waals surface area contributed by atoms with Gasteiger partial charge >= 0.3 is 0 Å². The number of benzene rings is 2. The Morgan fingerprint density at radius 3 is 2.78 bits per heavy atom. The smallest absolute Gasteiger partial charge is 0.168 e. The first-order chi connectivity index (χ1) is 13.2. The molecule has 140 valence electrons. The molecule has 1 aromatic heterocycles. The predicted molar refractivity (Wildman–Crippen MR) is 108 cm³/mol. The minimum Gasteiger partial charge on any atom is -0.504 e. The number of rotatable bonds is 4. The first-order valence-corrected chi connectivity index (χ1v) is 9.62. The highest BCUT2D eigenvalue weighted by atomic mass is 16.5. The highest BCUT2D eigenvalue weighted by Gasteiger charge is 2.25. The number of anilines is 1. The second kappa shape index (κ2) is 7.43. The number of aromatic nitrogens is 2. The van der Waals surface area contributed by atoms with Gasteiger partial charge in [-0.15, -0.1) is 0 Å². The first kappa shape index (κ1) is 17.6. The number of para-hydroxylation sites is 2. The third kappa shape index (κ3) is 3.18. The van der Waals surface area contributed by atoms with E-state index in [1.54, 1.807) is 13.2 Å². The second-order valence-electron chi connectivity index (χ2n) is 7.00. The van der Waals surface area contributed by atoms with E-state index in [1.165, 1.54) is 19.3 Å². The molecular formula is C22H25N3O2. The summed E-state index contributed by atoms with van der Waals surface area (Å²) in [4.78, 5) is 12.1. The maximum absolute atomic E-state index is 10.6. The van der Waals surface area contributed by atoms with Crippen molar-refractivity contribution in [2.24, 2.45) is 0 Å². The van der Waals surface area contributed by atoms with Gasteiger partial charge in [-0.2, -0.15) is 0 Å². The Morgan fingerprint density at radius 1 is 1.11 bits per heavy atom. The fraction of sp³-hybridized carbons (Fsp3) is 0.364. The number of fused-ring (bicyclic) bond motifs is 1. The molecule has 5 heteroatoms. The van der Waals surface area contributed by atoms with Crippen LogP contribution in [0.15, 0.2) is 42.5 Å². The molecule has 5 nitrogen and oxygen atoms in total. The largest absolute Gasteiger partial charge is 0.504 e. The van der Waals surface area contributed by atoms with Crippen LogP contribution in [-0.2, 0) is 0 Å². The van der Waals surface area contributed by atoms with Gasteiger partial charge in [-0.05, 0) is 49.9 Å². The zero-order chi connectivity index (χ0) is 18.8. The van der Waals surface area contributed by atoms with Gasteiger partial charge in [0.15, 0.2) is 17.3 Å². The molecule has 27 heavy (non-hydrogen) atoms. The first-order valence-electron chi connectivity index (χ1n) is 9.62. The van der Waals surface area contributed by atoms with E-state index < -0.39 is 0 Å². The number of aromatic hydroxyl groups is 1. The van der Waals surface area contributed by atoms with Crippen LogP contribution in [0.1, 0.15) is 32.6 Å². The lowest BCUT2D eigenvalue weighted by molar-refractivity contribution is 0.374. The van der Waals surface area contributed by atoms with Gasteiger partial charge in [0.2, 0.25) is 0 Å². The van der Waals surface area contributed by atoms with Crippen LogP contribution in [0, 0.1) is 0 Å². The van der Waals surface area contributed by atoms with Gasteiger partial charge in [-0.1, -0.05) is 25.1 Å². The molecule has 2 heterocycles. The molecule has 4 rings (SSSR count). The van der Waals surface area contributed by atoms with E-state index in [0.717, 1.165) is 29.7 Å². The van der Waals surface area contributed by atoms with Gasteiger partial charge in [-0.25, -0.2) is 9.97 Å². The Kier molecular flexibility index (Phi) is 4.84. The molecule has 1 atom stereocenters. The third-order valence-corrected chi connectivity index (χ3v) is 5.41. The van der Waals surface area contributed by atoms with E-state index in [-0.39, 0.29) is 5.75 Å². The summed E-state index contributed by atoms with van der Waals surface area (Å²) in [5.41, 5.74) is 1.48. The van der Waals surface area contributed by atoms with E-state index in [9.17, 15) is 5.11 Å². The Balaban J connectivity index is 1.91. The SMILES string of the molecule is CC[C@@H]1CCCCN1c1nc(-c2cccc(OC)c2O)nc2ccccc12. The zero-order valence-electron chi connectivity index (χ0n) is 15.9. The lowest BCUT2D eigenvalue weighted by Crippen LogP contribution is -2.39. The van der Waals surface area contributed by atoms with Crippen LogP contribution >= 0.6 is 0 Å². The van der Waals surface area contributed by atoms with Crippen molar-refractivity contribution in [2.75, 3.05) is 18.6 Å². The summed E-state index contributed by atoms with van der Waals surface area (Å²) < 4.78 is 5.26. The van der Waals surface area contributed by atoms with Crippen LogP contribution in [0.5, 0.6) is 11.5 Å². The van der Waals surface area contributed by atoms with E-state index in [0.29, 0.717) is 23.2 Å². The third-order valence-electron chi connectivity index (χ3n) is 5.41. The summed E-state index contributed by atoms with van der Waals surface area (Å²) in [5, 5.41) is 11.7. The summed E-state index contributed by atoms with van der Waals surface area (Å²) in [6, 6.07) is 14.0. The van der Waals surface area contributed by atoms with Crippen LogP contribution < -0.4 is 9.64 Å². The lowest BCUT2D eigenvalue weighted by Gasteiger charge is -2.37. The van der Waals surface area contributed by atoms with Gasteiger partial charge < -0.3 is 14.7 Å². The predicted octanol–water partition coefficient (Wildman–Crippen LogP) is 4.78. The van der Waals surface area contributed by atoms with Gasteiger partial charge in [0.25, 0.3) is 0 Å². The topological polar surface area (TPSA) is 58.5 Å². The quantitative estimate of drug-likeness (QED) is 0.723. The number of phenolic OH excluding ortho intramolecular Hbond substituents is 1. The van der Waals surface area contributed by atoms with Gasteiger partial charge in [0, 0.05) is 18.0 Å². The van der Waals surface area contributed by atoms with Crippen molar-refractivity contribution in [1.29, 1.82) is 0 Å². The molecule has 3 aromatic rings. The molecule has 0 aliphatic carbocycles. The molecule has 1 saturated heterocycles. The van der Waals surface area contributed by atoms with E-state index in [1.807, 2.05) is 30.3 Å². The number of piperidine rings is 1. The monoisotopic (exact) mass is 363 g/mol. The number of nitrogens with zero attached hydrogens (tertiary/aromatic N) is 3. The van der Waals surface area contributed by atoms with Crippen LogP contribution in [0.4, 0.5) is 5.82 Å². The Morgan fingerprint density at radius 2 is 1.96 bits per heavy atom. The highest BCUT2D eigenvalue weighted by molar-refractivity contribution is 5.91. The molecule has 0 spiro atoms. The van der Waals surface area contributed by atoms with E-state index in [2.05, 4.69) is 17.9 Å². The maximum Gasteiger partial charge on any atom is 0.168 e. The summed E-state index contributed by atoms with van der Waals surface area (Å²) in [7, 11) is 1.55. The van der Waals surface area contributed by atoms with Crippen molar-refractivity contribution in [1.82, 2.24) is 9.97 Å². The molecule has 1 aliphatic heterocycles. The van der Waals surface area contributed by atoms with E-state index in [4.69, 9.17) is 14.7 Å². The Labute approximate surface area is 159 Å². The summed E-state index contributed by atoms with van der Waals surface area (Å²) in [6.07, 6.45) is 4.72. The van der Waals surface area contributed by atoms with Crippen molar-refractivity contribution in [2.45, 2.75) is 38.6 Å². The summed E-state index contributed by atoms with van der Waals surface area (Å²) >= 11 is 0. The maximum atomic E-state index is 10.6. The van der Waals surface area contributed by atoms with Gasteiger partial charge in [0.05, 0.1) is 18.2 Å². The highest BCUT2D eigenvalue weighted by Crippen LogP contribution is 2.38. The molecule has 2 aromatic carbocycles. The molecule has 0 bridgehead atoms. The molecule has 1 N–H and O–H groups in total. The number of hydrogen-bond acceptors (Lipinski definition) is 5. The number of hydrogen-bond donors (Lipinski definition) is 1. The van der Waals surface area contributed by atoms with Crippen LogP contribution in [0.25, 0.3) is 22.3 Å². The van der Waals surface area contributed by atoms with Crippen molar-refractivity contribution in [3.63, 3.8) is 0 Å². The van der Waals surface area contributed by atoms with Crippen LogP contribution in [-0.4, -0.2) is 34.8 Å². The Bertz CT molecular complexity index is 957. The fourth-order valence-electron chi connectivity index (χ4n) is 3.97. The molecular weight excluding hydrogens is 338 g/mol. The van der Waals surface area contributed by atoms with Gasteiger partial charge in [0.1, 0.15) is 5.82 Å². The average molecular weight is 363 g/mol.